The Labute approximate surface area is 84.8 Å². The summed E-state index contributed by atoms with van der Waals surface area (Å²) in [5.41, 5.74) is 4.04. The van der Waals surface area contributed by atoms with Crippen LogP contribution in [-0.2, 0) is 0 Å². The predicted octanol–water partition coefficient (Wildman–Crippen LogP) is 1.68. The number of rotatable bonds is 3. The fourth-order valence-electron chi connectivity index (χ4n) is 0.974. The number of phenols is 1. The molecule has 0 spiro atoms. The SMILES string of the molecule is N/C(=C\C(=O)c1ccccc1O)C(F)F. The van der Waals surface area contributed by atoms with Gasteiger partial charge in [0.15, 0.2) is 5.78 Å². The highest BCUT2D eigenvalue weighted by Gasteiger charge is 2.12. The molecule has 3 N–H and O–H groups in total. The molecule has 15 heavy (non-hydrogen) atoms. The van der Waals surface area contributed by atoms with E-state index in [0.717, 1.165) is 0 Å². The molecule has 5 heteroatoms. The number of phenolic OH excluding ortho intramolecular Hbond substituents is 1. The average molecular weight is 213 g/mol. The Hall–Kier alpha value is -1.91. The van der Waals surface area contributed by atoms with Gasteiger partial charge in [-0.15, -0.1) is 0 Å². The van der Waals surface area contributed by atoms with Crippen LogP contribution in [0.3, 0.4) is 0 Å². The topological polar surface area (TPSA) is 63.3 Å². The Morgan fingerprint density at radius 2 is 2.00 bits per heavy atom. The summed E-state index contributed by atoms with van der Waals surface area (Å²) in [4.78, 5) is 11.3. The Morgan fingerprint density at radius 3 is 2.53 bits per heavy atom. The molecule has 0 aliphatic carbocycles. The van der Waals surface area contributed by atoms with Gasteiger partial charge in [0.05, 0.1) is 11.3 Å². The van der Waals surface area contributed by atoms with Crippen LogP contribution in [0.15, 0.2) is 36.0 Å². The van der Waals surface area contributed by atoms with Crippen molar-refractivity contribution in [3.05, 3.63) is 41.6 Å². The number of halogens is 2. The molecular formula is C10H9F2NO2. The molecule has 0 aromatic heterocycles. The molecule has 1 aromatic carbocycles. The minimum atomic E-state index is -2.88. The zero-order valence-corrected chi connectivity index (χ0v) is 7.65. The summed E-state index contributed by atoms with van der Waals surface area (Å²) in [6.07, 6.45) is -2.26. The van der Waals surface area contributed by atoms with Gasteiger partial charge >= 0.3 is 0 Å². The lowest BCUT2D eigenvalue weighted by atomic mass is 10.1. The molecule has 1 aromatic rings. The van der Waals surface area contributed by atoms with Gasteiger partial charge in [0.25, 0.3) is 6.43 Å². The van der Waals surface area contributed by atoms with Gasteiger partial charge in [0.2, 0.25) is 0 Å². The fourth-order valence-corrected chi connectivity index (χ4v) is 0.974. The zero-order valence-electron chi connectivity index (χ0n) is 7.65. The molecule has 0 unspecified atom stereocenters. The first-order chi connectivity index (χ1) is 7.02. The van der Waals surface area contributed by atoms with Gasteiger partial charge in [0.1, 0.15) is 5.75 Å². The van der Waals surface area contributed by atoms with Gasteiger partial charge in [0, 0.05) is 6.08 Å². The summed E-state index contributed by atoms with van der Waals surface area (Å²) >= 11 is 0. The number of ketones is 1. The second-order valence-corrected chi connectivity index (χ2v) is 2.83. The van der Waals surface area contributed by atoms with Crippen LogP contribution in [0.25, 0.3) is 0 Å². The van der Waals surface area contributed by atoms with Crippen LogP contribution in [0.4, 0.5) is 8.78 Å². The standard InChI is InChI=1S/C10H9F2NO2/c11-10(12)7(13)5-9(15)6-3-1-2-4-8(6)14/h1-5,10,14H,13H2/b7-5-. The minimum Gasteiger partial charge on any atom is -0.507 e. The third-order valence-electron chi connectivity index (χ3n) is 1.72. The van der Waals surface area contributed by atoms with Gasteiger partial charge in [-0.3, -0.25) is 4.79 Å². The number of carbonyl (C=O) groups is 1. The normalized spacial score (nSPS) is 11.8. The Kier molecular flexibility index (Phi) is 3.38. The van der Waals surface area contributed by atoms with E-state index in [2.05, 4.69) is 0 Å². The molecule has 0 fully saturated rings. The highest BCUT2D eigenvalue weighted by Crippen LogP contribution is 2.17. The van der Waals surface area contributed by atoms with Gasteiger partial charge in [-0.25, -0.2) is 8.78 Å². The summed E-state index contributed by atoms with van der Waals surface area (Å²) in [5.74, 6) is -1.01. The summed E-state index contributed by atoms with van der Waals surface area (Å²) in [6, 6.07) is 5.65. The van der Waals surface area contributed by atoms with Crippen LogP contribution in [0.5, 0.6) is 5.75 Å². The van der Waals surface area contributed by atoms with Crippen molar-refractivity contribution in [2.45, 2.75) is 6.43 Å². The smallest absolute Gasteiger partial charge is 0.277 e. The fraction of sp³-hybridized carbons (Fsp3) is 0.100. The van der Waals surface area contributed by atoms with Crippen LogP contribution in [0, 0.1) is 0 Å². The lowest BCUT2D eigenvalue weighted by Crippen LogP contribution is -2.10. The summed E-state index contributed by atoms with van der Waals surface area (Å²) in [5, 5.41) is 9.25. The van der Waals surface area contributed by atoms with Crippen molar-refractivity contribution in [1.29, 1.82) is 0 Å². The molecule has 0 atom stereocenters. The van der Waals surface area contributed by atoms with Crippen molar-refractivity contribution in [3.8, 4) is 5.75 Å². The van der Waals surface area contributed by atoms with Gasteiger partial charge in [-0.05, 0) is 12.1 Å². The first-order valence-electron chi connectivity index (χ1n) is 4.10. The van der Waals surface area contributed by atoms with Crippen LogP contribution in [0.2, 0.25) is 0 Å². The van der Waals surface area contributed by atoms with Crippen LogP contribution in [0.1, 0.15) is 10.4 Å². The van der Waals surface area contributed by atoms with E-state index in [-0.39, 0.29) is 11.3 Å². The third-order valence-corrected chi connectivity index (χ3v) is 1.72. The van der Waals surface area contributed by atoms with Gasteiger partial charge in [-0.1, -0.05) is 12.1 Å². The van der Waals surface area contributed by atoms with E-state index in [4.69, 9.17) is 5.73 Å². The second-order valence-electron chi connectivity index (χ2n) is 2.83. The van der Waals surface area contributed by atoms with Gasteiger partial charge < -0.3 is 10.8 Å². The second kappa shape index (κ2) is 4.54. The van der Waals surface area contributed by atoms with Crippen molar-refractivity contribution in [3.63, 3.8) is 0 Å². The molecule has 0 saturated heterocycles. The van der Waals surface area contributed by atoms with Crippen LogP contribution in [-0.4, -0.2) is 17.3 Å². The number of alkyl halides is 2. The first-order valence-corrected chi connectivity index (χ1v) is 4.10. The van der Waals surface area contributed by atoms with E-state index < -0.39 is 17.9 Å². The number of aromatic hydroxyl groups is 1. The third kappa shape index (κ3) is 2.77. The van der Waals surface area contributed by atoms with E-state index in [9.17, 15) is 18.7 Å². The van der Waals surface area contributed by atoms with E-state index >= 15 is 0 Å². The van der Waals surface area contributed by atoms with E-state index in [1.54, 1.807) is 0 Å². The molecule has 0 amide bonds. The number of para-hydroxylation sites is 1. The molecular weight excluding hydrogens is 204 g/mol. The number of nitrogens with two attached hydrogens (primary N) is 1. The van der Waals surface area contributed by atoms with Crippen LogP contribution >= 0.6 is 0 Å². The molecule has 0 saturated carbocycles. The zero-order chi connectivity index (χ0) is 11.4. The van der Waals surface area contributed by atoms with E-state index in [1.807, 2.05) is 0 Å². The highest BCUT2D eigenvalue weighted by atomic mass is 19.3. The first kappa shape index (κ1) is 11.2. The Balaban J connectivity index is 2.97. The average Bonchev–Trinajstić information content (AvgIpc) is 2.18. The molecule has 0 aliphatic heterocycles. The minimum absolute atomic E-state index is 0.0545. The molecule has 0 aliphatic rings. The molecule has 1 rings (SSSR count). The maximum Gasteiger partial charge on any atom is 0.277 e. The number of benzene rings is 1. The predicted molar refractivity (Wildman–Crippen MR) is 50.7 cm³/mol. The lowest BCUT2D eigenvalue weighted by Gasteiger charge is -2.01. The quantitative estimate of drug-likeness (QED) is 0.593. The Morgan fingerprint density at radius 1 is 1.40 bits per heavy atom. The molecule has 3 nitrogen and oxygen atoms in total. The van der Waals surface area contributed by atoms with Crippen molar-refractivity contribution in [2.24, 2.45) is 5.73 Å². The molecule has 80 valence electrons. The molecule has 0 bridgehead atoms. The molecule has 0 radical (unpaired) electrons. The van der Waals surface area contributed by atoms with Crippen molar-refractivity contribution < 1.29 is 18.7 Å². The number of carbonyl (C=O) groups excluding carboxylic acids is 1. The highest BCUT2D eigenvalue weighted by molar-refractivity contribution is 6.06. The van der Waals surface area contributed by atoms with E-state index in [1.165, 1.54) is 24.3 Å². The van der Waals surface area contributed by atoms with Crippen molar-refractivity contribution >= 4 is 5.78 Å². The van der Waals surface area contributed by atoms with Crippen LogP contribution < -0.4 is 5.73 Å². The Bertz CT molecular complexity index is 402. The number of allylic oxidation sites excluding steroid dienone is 2. The summed E-state index contributed by atoms with van der Waals surface area (Å²) in [6.45, 7) is 0. The monoisotopic (exact) mass is 213 g/mol. The largest absolute Gasteiger partial charge is 0.507 e. The van der Waals surface area contributed by atoms with Crippen molar-refractivity contribution in [1.82, 2.24) is 0 Å². The number of hydrogen-bond acceptors (Lipinski definition) is 3. The van der Waals surface area contributed by atoms with E-state index in [0.29, 0.717) is 6.08 Å². The number of hydrogen-bond donors (Lipinski definition) is 2. The lowest BCUT2D eigenvalue weighted by molar-refractivity contribution is 0.103. The summed E-state index contributed by atoms with van der Waals surface area (Å²) < 4.78 is 24.0. The van der Waals surface area contributed by atoms with Crippen molar-refractivity contribution in [2.75, 3.05) is 0 Å². The van der Waals surface area contributed by atoms with Gasteiger partial charge in [-0.2, -0.15) is 0 Å². The summed E-state index contributed by atoms with van der Waals surface area (Å²) in [7, 11) is 0. The maximum atomic E-state index is 12.0. The maximum absolute atomic E-state index is 12.0. The molecule has 0 heterocycles.